The molecule has 1 aliphatic heterocycles. The zero-order chi connectivity index (χ0) is 18.0. The van der Waals surface area contributed by atoms with E-state index in [0.717, 1.165) is 25.9 Å². The van der Waals surface area contributed by atoms with Crippen LogP contribution in [0.2, 0.25) is 5.02 Å². The van der Waals surface area contributed by atoms with Gasteiger partial charge in [0.25, 0.3) is 0 Å². The smallest absolute Gasteiger partial charge is 0.241 e. The lowest BCUT2D eigenvalue weighted by Gasteiger charge is -2.37. The highest BCUT2D eigenvalue weighted by Gasteiger charge is 2.35. The van der Waals surface area contributed by atoms with E-state index >= 15 is 0 Å². The molecule has 6 nitrogen and oxygen atoms in total. The van der Waals surface area contributed by atoms with Crippen molar-refractivity contribution in [3.8, 4) is 5.75 Å². The van der Waals surface area contributed by atoms with Gasteiger partial charge >= 0.3 is 0 Å². The summed E-state index contributed by atoms with van der Waals surface area (Å²) in [5.74, 6) is 1.03. The number of anilines is 1. The van der Waals surface area contributed by atoms with E-state index in [9.17, 15) is 9.59 Å². The fourth-order valence-electron chi connectivity index (χ4n) is 3.07. The fraction of sp³-hybridized carbons (Fsp3) is 0.556. The number of carbonyl (C=O) groups is 2. The van der Waals surface area contributed by atoms with Crippen LogP contribution in [0, 0.1) is 5.92 Å². The first-order chi connectivity index (χ1) is 12.0. The number of ether oxygens (including phenoxy) is 1. The van der Waals surface area contributed by atoms with Gasteiger partial charge in [-0.25, -0.2) is 0 Å². The van der Waals surface area contributed by atoms with Gasteiger partial charge in [-0.1, -0.05) is 11.6 Å². The van der Waals surface area contributed by atoms with Gasteiger partial charge in [0.2, 0.25) is 11.8 Å². The number of nitrogens with zero attached hydrogens (tertiary/aromatic N) is 2. The van der Waals surface area contributed by atoms with Gasteiger partial charge in [-0.3, -0.25) is 14.5 Å². The Balaban J connectivity index is 1.52. The van der Waals surface area contributed by atoms with Crippen LogP contribution in [0.15, 0.2) is 18.2 Å². The van der Waals surface area contributed by atoms with Crippen LogP contribution in [-0.4, -0.2) is 60.9 Å². The Morgan fingerprint density at radius 3 is 2.48 bits per heavy atom. The van der Waals surface area contributed by atoms with E-state index in [1.54, 1.807) is 25.3 Å². The first-order valence-corrected chi connectivity index (χ1v) is 9.04. The van der Waals surface area contributed by atoms with Crippen molar-refractivity contribution in [2.75, 3.05) is 38.6 Å². The molecule has 1 aromatic carbocycles. The van der Waals surface area contributed by atoms with Gasteiger partial charge in [-0.15, -0.1) is 0 Å². The maximum Gasteiger partial charge on any atom is 0.241 e. The fourth-order valence-corrected chi connectivity index (χ4v) is 3.33. The van der Waals surface area contributed by atoms with E-state index in [1.165, 1.54) is 0 Å². The molecule has 1 atom stereocenters. The van der Waals surface area contributed by atoms with Crippen LogP contribution >= 0.6 is 11.6 Å². The Morgan fingerprint density at radius 1 is 1.24 bits per heavy atom. The van der Waals surface area contributed by atoms with E-state index in [0.29, 0.717) is 29.5 Å². The zero-order valence-electron chi connectivity index (χ0n) is 14.6. The zero-order valence-corrected chi connectivity index (χ0v) is 15.4. The van der Waals surface area contributed by atoms with Gasteiger partial charge in [0.05, 0.1) is 18.2 Å². The summed E-state index contributed by atoms with van der Waals surface area (Å²) in [5, 5.41) is 3.35. The molecule has 0 unspecified atom stereocenters. The molecule has 0 bridgehead atoms. The summed E-state index contributed by atoms with van der Waals surface area (Å²) < 4.78 is 5.11. The molecule has 3 rings (SSSR count). The second kappa shape index (κ2) is 7.62. The molecule has 1 saturated heterocycles. The van der Waals surface area contributed by atoms with Gasteiger partial charge < -0.3 is 15.0 Å². The number of carbonyl (C=O) groups excluding carboxylic acids is 2. The number of methoxy groups -OCH3 is 1. The molecule has 136 valence electrons. The molecule has 1 aromatic rings. The summed E-state index contributed by atoms with van der Waals surface area (Å²) in [6.07, 6.45) is 2.06. The van der Waals surface area contributed by atoms with Crippen LogP contribution < -0.4 is 10.1 Å². The number of hydrogen-bond donors (Lipinski definition) is 1. The number of halogens is 1. The monoisotopic (exact) mass is 365 g/mol. The SMILES string of the molecule is COc1ccc(NC(=O)[C@@H](C)N2CCN(C(=O)C3CC3)CC2)cc1Cl. The van der Waals surface area contributed by atoms with Crippen molar-refractivity contribution in [3.05, 3.63) is 23.2 Å². The molecule has 0 aromatic heterocycles. The molecule has 7 heteroatoms. The standard InChI is InChI=1S/C18H24ClN3O3/c1-12(17(23)20-14-5-6-16(25-2)15(19)11-14)21-7-9-22(10-8-21)18(24)13-3-4-13/h5-6,11-13H,3-4,7-10H2,1-2H3,(H,20,23)/t12-/m1/s1. The van der Waals surface area contributed by atoms with Gasteiger partial charge in [0.15, 0.2) is 0 Å². The minimum absolute atomic E-state index is 0.0804. The molecule has 1 saturated carbocycles. The van der Waals surface area contributed by atoms with Gasteiger partial charge in [0, 0.05) is 37.8 Å². The second-order valence-electron chi connectivity index (χ2n) is 6.65. The lowest BCUT2D eigenvalue weighted by Crippen LogP contribution is -2.54. The normalized spacial score (nSPS) is 19.4. The van der Waals surface area contributed by atoms with Crippen molar-refractivity contribution in [1.29, 1.82) is 0 Å². The molecule has 25 heavy (non-hydrogen) atoms. The van der Waals surface area contributed by atoms with Crippen LogP contribution in [-0.2, 0) is 9.59 Å². The molecule has 1 heterocycles. The lowest BCUT2D eigenvalue weighted by atomic mass is 10.2. The summed E-state index contributed by atoms with van der Waals surface area (Å²) in [4.78, 5) is 28.6. The predicted octanol–water partition coefficient (Wildman–Crippen LogP) is 2.23. The third-order valence-corrected chi connectivity index (χ3v) is 5.19. The average molecular weight is 366 g/mol. The number of benzene rings is 1. The summed E-state index contributed by atoms with van der Waals surface area (Å²) >= 11 is 6.09. The predicted molar refractivity (Wildman–Crippen MR) is 97.0 cm³/mol. The maximum atomic E-state index is 12.5. The quantitative estimate of drug-likeness (QED) is 0.869. The van der Waals surface area contributed by atoms with Crippen molar-refractivity contribution in [2.45, 2.75) is 25.8 Å². The number of piperazine rings is 1. The first-order valence-electron chi connectivity index (χ1n) is 8.67. The minimum Gasteiger partial charge on any atom is -0.495 e. The van der Waals surface area contributed by atoms with E-state index in [4.69, 9.17) is 16.3 Å². The molecular formula is C18H24ClN3O3. The largest absolute Gasteiger partial charge is 0.495 e. The Morgan fingerprint density at radius 2 is 1.92 bits per heavy atom. The van der Waals surface area contributed by atoms with Gasteiger partial charge in [0.1, 0.15) is 5.75 Å². The molecular weight excluding hydrogens is 342 g/mol. The first kappa shape index (κ1) is 18.0. The van der Waals surface area contributed by atoms with Crippen molar-refractivity contribution in [1.82, 2.24) is 9.80 Å². The van der Waals surface area contributed by atoms with Crippen molar-refractivity contribution >= 4 is 29.1 Å². The number of amides is 2. The van der Waals surface area contributed by atoms with Crippen LogP contribution in [0.3, 0.4) is 0 Å². The Labute approximate surface area is 153 Å². The van der Waals surface area contributed by atoms with Crippen LogP contribution in [0.4, 0.5) is 5.69 Å². The van der Waals surface area contributed by atoms with Crippen LogP contribution in [0.25, 0.3) is 0 Å². The molecule has 0 radical (unpaired) electrons. The third kappa shape index (κ3) is 4.25. The molecule has 1 aliphatic carbocycles. The van der Waals surface area contributed by atoms with E-state index in [1.807, 2.05) is 11.8 Å². The van der Waals surface area contributed by atoms with E-state index in [-0.39, 0.29) is 23.8 Å². The van der Waals surface area contributed by atoms with Crippen LogP contribution in [0.5, 0.6) is 5.75 Å². The maximum absolute atomic E-state index is 12.5. The Bertz CT molecular complexity index is 655. The summed E-state index contributed by atoms with van der Waals surface area (Å²) in [5.41, 5.74) is 0.644. The molecule has 0 spiro atoms. The molecule has 2 fully saturated rings. The van der Waals surface area contributed by atoms with Crippen molar-refractivity contribution in [3.63, 3.8) is 0 Å². The Kier molecular flexibility index (Phi) is 5.49. The average Bonchev–Trinajstić information content (AvgIpc) is 3.46. The third-order valence-electron chi connectivity index (χ3n) is 4.90. The van der Waals surface area contributed by atoms with Crippen molar-refractivity contribution in [2.24, 2.45) is 5.92 Å². The van der Waals surface area contributed by atoms with Crippen molar-refractivity contribution < 1.29 is 14.3 Å². The number of nitrogens with one attached hydrogen (secondary N) is 1. The van der Waals surface area contributed by atoms with E-state index < -0.39 is 0 Å². The molecule has 1 N–H and O–H groups in total. The topological polar surface area (TPSA) is 61.9 Å². The highest BCUT2D eigenvalue weighted by Crippen LogP contribution is 2.31. The molecule has 2 aliphatic rings. The summed E-state index contributed by atoms with van der Waals surface area (Å²) in [7, 11) is 1.55. The number of rotatable bonds is 5. The summed E-state index contributed by atoms with van der Waals surface area (Å²) in [6.45, 7) is 4.72. The lowest BCUT2D eigenvalue weighted by molar-refractivity contribution is -0.135. The Hall–Kier alpha value is -1.79. The molecule has 2 amide bonds. The van der Waals surface area contributed by atoms with E-state index in [2.05, 4.69) is 10.2 Å². The number of hydrogen-bond acceptors (Lipinski definition) is 4. The van der Waals surface area contributed by atoms with Gasteiger partial charge in [-0.05, 0) is 38.0 Å². The van der Waals surface area contributed by atoms with Gasteiger partial charge in [-0.2, -0.15) is 0 Å². The minimum atomic E-state index is -0.265. The second-order valence-corrected chi connectivity index (χ2v) is 7.06. The summed E-state index contributed by atoms with van der Waals surface area (Å²) in [6, 6.07) is 4.91. The highest BCUT2D eigenvalue weighted by atomic mass is 35.5. The van der Waals surface area contributed by atoms with Crippen LogP contribution in [0.1, 0.15) is 19.8 Å². The highest BCUT2D eigenvalue weighted by molar-refractivity contribution is 6.32.